The van der Waals surface area contributed by atoms with Gasteiger partial charge >= 0.3 is 0 Å². The molecule has 0 aliphatic carbocycles. The predicted octanol–water partition coefficient (Wildman–Crippen LogP) is 3.07. The summed E-state index contributed by atoms with van der Waals surface area (Å²) >= 11 is 0. The van der Waals surface area contributed by atoms with Crippen molar-refractivity contribution in [2.24, 2.45) is 0 Å². The van der Waals surface area contributed by atoms with E-state index in [-0.39, 0.29) is 45.1 Å². The van der Waals surface area contributed by atoms with E-state index in [0.717, 1.165) is 12.1 Å². The SMILES string of the molecule is CC(C)(O)/C=C/c1c(O)cc2oc(-c3ccc(O)cc3O)cc(=O)c2c1O. The van der Waals surface area contributed by atoms with Crippen molar-refractivity contribution < 1.29 is 29.9 Å². The maximum Gasteiger partial charge on any atom is 0.197 e. The maximum absolute atomic E-state index is 12.5. The Morgan fingerprint density at radius 1 is 1.00 bits per heavy atom. The van der Waals surface area contributed by atoms with Crippen LogP contribution in [0.5, 0.6) is 23.0 Å². The molecule has 0 saturated heterocycles. The van der Waals surface area contributed by atoms with Crippen LogP contribution in [0.15, 0.2) is 45.6 Å². The fourth-order valence-corrected chi connectivity index (χ4v) is 2.62. The molecule has 0 amide bonds. The average Bonchev–Trinajstić information content (AvgIpc) is 2.52. The Hall–Kier alpha value is -3.45. The molecule has 7 heteroatoms. The molecule has 5 N–H and O–H groups in total. The second-order valence-corrected chi connectivity index (χ2v) is 6.69. The highest BCUT2D eigenvalue weighted by Gasteiger charge is 2.18. The van der Waals surface area contributed by atoms with E-state index in [4.69, 9.17) is 4.42 Å². The van der Waals surface area contributed by atoms with Crippen LogP contribution in [-0.2, 0) is 0 Å². The van der Waals surface area contributed by atoms with E-state index in [1.165, 1.54) is 44.2 Å². The van der Waals surface area contributed by atoms with Gasteiger partial charge in [0, 0.05) is 18.2 Å². The lowest BCUT2D eigenvalue weighted by Gasteiger charge is -2.12. The summed E-state index contributed by atoms with van der Waals surface area (Å²) in [5.41, 5.74) is -1.72. The molecule has 0 spiro atoms. The summed E-state index contributed by atoms with van der Waals surface area (Å²) in [7, 11) is 0. The number of hydrogen-bond donors (Lipinski definition) is 5. The molecule has 0 radical (unpaired) electrons. The summed E-state index contributed by atoms with van der Waals surface area (Å²) in [6, 6.07) is 6.04. The van der Waals surface area contributed by atoms with Gasteiger partial charge in [-0.1, -0.05) is 6.08 Å². The van der Waals surface area contributed by atoms with Crippen LogP contribution in [0.3, 0.4) is 0 Å². The zero-order valence-electron chi connectivity index (χ0n) is 14.6. The Kier molecular flexibility index (Phi) is 4.33. The van der Waals surface area contributed by atoms with E-state index in [1.807, 2.05) is 0 Å². The van der Waals surface area contributed by atoms with E-state index in [1.54, 1.807) is 0 Å². The molecule has 0 aliphatic heterocycles. The zero-order valence-corrected chi connectivity index (χ0v) is 14.6. The Labute approximate surface area is 153 Å². The lowest BCUT2D eigenvalue weighted by molar-refractivity contribution is 0.134. The van der Waals surface area contributed by atoms with Gasteiger partial charge in [0.1, 0.15) is 39.7 Å². The first-order valence-corrected chi connectivity index (χ1v) is 8.03. The summed E-state index contributed by atoms with van der Waals surface area (Å²) in [4.78, 5) is 12.5. The number of phenols is 4. The summed E-state index contributed by atoms with van der Waals surface area (Å²) < 4.78 is 5.58. The van der Waals surface area contributed by atoms with Gasteiger partial charge in [0.15, 0.2) is 5.43 Å². The average molecular weight is 370 g/mol. The third-order valence-electron chi connectivity index (χ3n) is 3.92. The van der Waals surface area contributed by atoms with Crippen LogP contribution < -0.4 is 5.43 Å². The molecule has 0 unspecified atom stereocenters. The smallest absolute Gasteiger partial charge is 0.197 e. The summed E-state index contributed by atoms with van der Waals surface area (Å²) in [5, 5.41) is 49.6. The standard InChI is InChI=1S/C20H18O7/c1-20(2,26)6-5-12-14(23)8-17-18(19(12)25)15(24)9-16(27-17)11-4-3-10(21)7-13(11)22/h3-9,21-23,25-26H,1-2H3/b6-5+. The molecule has 27 heavy (non-hydrogen) atoms. The second kappa shape index (κ2) is 6.37. The van der Waals surface area contributed by atoms with Crippen LogP contribution in [-0.4, -0.2) is 31.1 Å². The van der Waals surface area contributed by atoms with Gasteiger partial charge in [0.2, 0.25) is 0 Å². The van der Waals surface area contributed by atoms with Crippen LogP contribution in [0.25, 0.3) is 28.4 Å². The number of rotatable bonds is 3. The molecule has 0 atom stereocenters. The van der Waals surface area contributed by atoms with Crippen LogP contribution in [0.2, 0.25) is 0 Å². The largest absolute Gasteiger partial charge is 0.508 e. The Morgan fingerprint density at radius 2 is 1.70 bits per heavy atom. The van der Waals surface area contributed by atoms with Gasteiger partial charge in [-0.3, -0.25) is 4.79 Å². The van der Waals surface area contributed by atoms with E-state index in [9.17, 15) is 30.3 Å². The lowest BCUT2D eigenvalue weighted by atomic mass is 10.0. The molecule has 2 aromatic carbocycles. The van der Waals surface area contributed by atoms with Crippen molar-refractivity contribution >= 4 is 17.0 Å². The van der Waals surface area contributed by atoms with Gasteiger partial charge in [-0.15, -0.1) is 0 Å². The van der Waals surface area contributed by atoms with Crippen molar-refractivity contribution in [2.45, 2.75) is 19.4 Å². The van der Waals surface area contributed by atoms with Crippen molar-refractivity contribution in [2.75, 3.05) is 0 Å². The molecule has 1 heterocycles. The van der Waals surface area contributed by atoms with Crippen LogP contribution in [0.1, 0.15) is 19.4 Å². The summed E-state index contributed by atoms with van der Waals surface area (Å²) in [6.45, 7) is 3.03. The molecule has 140 valence electrons. The maximum atomic E-state index is 12.5. The zero-order chi connectivity index (χ0) is 19.9. The fourth-order valence-electron chi connectivity index (χ4n) is 2.62. The van der Waals surface area contributed by atoms with Gasteiger partial charge < -0.3 is 29.9 Å². The van der Waals surface area contributed by atoms with Crippen molar-refractivity contribution in [1.82, 2.24) is 0 Å². The molecule has 0 aliphatic rings. The molecule has 1 aromatic heterocycles. The monoisotopic (exact) mass is 370 g/mol. The van der Waals surface area contributed by atoms with Crippen molar-refractivity contribution in [3.8, 4) is 34.3 Å². The van der Waals surface area contributed by atoms with E-state index in [0.29, 0.717) is 0 Å². The van der Waals surface area contributed by atoms with Crippen LogP contribution in [0, 0.1) is 0 Å². The first-order chi connectivity index (χ1) is 12.6. The van der Waals surface area contributed by atoms with Crippen molar-refractivity contribution in [3.05, 3.63) is 52.2 Å². The highest BCUT2D eigenvalue weighted by molar-refractivity contribution is 5.91. The fraction of sp³-hybridized carbons (Fsp3) is 0.150. The Balaban J connectivity index is 2.23. The molecule has 0 saturated carbocycles. The lowest BCUT2D eigenvalue weighted by Crippen LogP contribution is -2.13. The van der Waals surface area contributed by atoms with Crippen molar-refractivity contribution in [1.29, 1.82) is 0 Å². The minimum atomic E-state index is -1.18. The molecule has 3 aromatic rings. The minimum Gasteiger partial charge on any atom is -0.508 e. The van der Waals surface area contributed by atoms with Crippen molar-refractivity contribution in [3.63, 3.8) is 0 Å². The molecular weight excluding hydrogens is 352 g/mol. The third kappa shape index (κ3) is 3.58. The quantitative estimate of drug-likeness (QED) is 0.479. The number of fused-ring (bicyclic) bond motifs is 1. The highest BCUT2D eigenvalue weighted by Crippen LogP contribution is 2.38. The van der Waals surface area contributed by atoms with E-state index >= 15 is 0 Å². The Bertz CT molecular complexity index is 1120. The molecular formula is C20H18O7. The van der Waals surface area contributed by atoms with E-state index < -0.39 is 16.8 Å². The number of phenolic OH excluding ortho intramolecular Hbond substituents is 4. The summed E-state index contributed by atoms with van der Waals surface area (Å²) in [6.07, 6.45) is 2.67. The number of aliphatic hydroxyl groups is 1. The van der Waals surface area contributed by atoms with Gasteiger partial charge in [0.25, 0.3) is 0 Å². The molecule has 0 fully saturated rings. The number of benzene rings is 2. The molecule has 7 nitrogen and oxygen atoms in total. The number of aromatic hydroxyl groups is 4. The minimum absolute atomic E-state index is 0.00332. The van der Waals surface area contributed by atoms with Gasteiger partial charge in [-0.2, -0.15) is 0 Å². The predicted molar refractivity (Wildman–Crippen MR) is 99.9 cm³/mol. The Morgan fingerprint density at radius 3 is 2.33 bits per heavy atom. The third-order valence-corrected chi connectivity index (χ3v) is 3.92. The molecule has 3 rings (SSSR count). The highest BCUT2D eigenvalue weighted by atomic mass is 16.3. The van der Waals surface area contributed by atoms with Gasteiger partial charge in [0.05, 0.1) is 16.7 Å². The number of hydrogen-bond acceptors (Lipinski definition) is 7. The second-order valence-electron chi connectivity index (χ2n) is 6.69. The first kappa shape index (κ1) is 18.3. The van der Waals surface area contributed by atoms with Gasteiger partial charge in [-0.05, 0) is 32.1 Å². The van der Waals surface area contributed by atoms with Gasteiger partial charge in [-0.25, -0.2) is 0 Å². The molecule has 0 bridgehead atoms. The van der Waals surface area contributed by atoms with Crippen LogP contribution in [0.4, 0.5) is 0 Å². The normalized spacial score (nSPS) is 12.1. The van der Waals surface area contributed by atoms with E-state index in [2.05, 4.69) is 0 Å². The topological polar surface area (TPSA) is 131 Å². The van der Waals surface area contributed by atoms with Crippen LogP contribution >= 0.6 is 0 Å². The first-order valence-electron chi connectivity index (χ1n) is 8.03. The summed E-state index contributed by atoms with van der Waals surface area (Å²) in [5.74, 6) is -1.28.